The minimum absolute atomic E-state index is 0.112. The predicted octanol–water partition coefficient (Wildman–Crippen LogP) is 1.08. The van der Waals surface area contributed by atoms with Crippen LogP contribution in [-0.2, 0) is 4.79 Å². The second kappa shape index (κ2) is 5.21. The van der Waals surface area contributed by atoms with Crippen LogP contribution >= 0.6 is 11.8 Å². The number of hydrogen-bond acceptors (Lipinski definition) is 3. The van der Waals surface area contributed by atoms with Gasteiger partial charge in [0.15, 0.2) is 0 Å². The summed E-state index contributed by atoms with van der Waals surface area (Å²) in [7, 11) is 0. The van der Waals surface area contributed by atoms with Crippen LogP contribution < -0.4 is 5.73 Å². The normalized spacial score (nSPS) is 32.7. The standard InChI is InChI=1S/C11H20N2OS/c12-10-4-2-1-3-9(10)11(14)13-5-7-15-8-6-13/h9-10H,1-8,12H2. The van der Waals surface area contributed by atoms with Crippen molar-refractivity contribution in [3.63, 3.8) is 0 Å². The monoisotopic (exact) mass is 228 g/mol. The largest absolute Gasteiger partial charge is 0.341 e. The summed E-state index contributed by atoms with van der Waals surface area (Å²) in [5, 5.41) is 0. The Labute approximate surface area is 95.8 Å². The van der Waals surface area contributed by atoms with Crippen LogP contribution in [0.5, 0.6) is 0 Å². The fraction of sp³-hybridized carbons (Fsp3) is 0.909. The molecule has 2 aliphatic rings. The highest BCUT2D eigenvalue weighted by Gasteiger charge is 2.31. The molecular weight excluding hydrogens is 208 g/mol. The maximum Gasteiger partial charge on any atom is 0.227 e. The lowest BCUT2D eigenvalue weighted by Gasteiger charge is -2.34. The van der Waals surface area contributed by atoms with E-state index in [1.807, 2.05) is 16.7 Å². The molecule has 2 rings (SSSR count). The van der Waals surface area contributed by atoms with E-state index in [0.717, 1.165) is 37.4 Å². The first-order valence-corrected chi connectivity index (χ1v) is 7.06. The first kappa shape index (κ1) is 11.3. The molecule has 2 N–H and O–H groups in total. The molecule has 15 heavy (non-hydrogen) atoms. The Morgan fingerprint density at radius 1 is 1.20 bits per heavy atom. The van der Waals surface area contributed by atoms with Gasteiger partial charge in [0, 0.05) is 30.6 Å². The van der Waals surface area contributed by atoms with Gasteiger partial charge in [-0.15, -0.1) is 0 Å². The lowest BCUT2D eigenvalue weighted by molar-refractivity contribution is -0.136. The molecule has 1 aliphatic heterocycles. The summed E-state index contributed by atoms with van der Waals surface area (Å²) in [4.78, 5) is 14.2. The molecule has 2 atom stereocenters. The van der Waals surface area contributed by atoms with Gasteiger partial charge in [-0.25, -0.2) is 0 Å². The molecule has 86 valence electrons. The highest BCUT2D eigenvalue weighted by molar-refractivity contribution is 7.99. The van der Waals surface area contributed by atoms with Crippen molar-refractivity contribution < 1.29 is 4.79 Å². The van der Waals surface area contributed by atoms with Crippen molar-refractivity contribution in [3.8, 4) is 0 Å². The van der Waals surface area contributed by atoms with Crippen LogP contribution in [0.4, 0.5) is 0 Å². The molecule has 0 bridgehead atoms. The molecule has 2 unspecified atom stereocenters. The predicted molar refractivity (Wildman–Crippen MR) is 63.8 cm³/mol. The summed E-state index contributed by atoms with van der Waals surface area (Å²) in [6.45, 7) is 1.85. The Kier molecular flexibility index (Phi) is 3.92. The third-order valence-corrected chi connectivity index (χ3v) is 4.40. The lowest BCUT2D eigenvalue weighted by atomic mass is 9.84. The van der Waals surface area contributed by atoms with Gasteiger partial charge in [0.2, 0.25) is 5.91 Å². The first-order chi connectivity index (χ1) is 7.29. The molecule has 1 saturated carbocycles. The van der Waals surface area contributed by atoms with Crippen molar-refractivity contribution in [2.45, 2.75) is 31.7 Å². The number of rotatable bonds is 1. The van der Waals surface area contributed by atoms with Crippen LogP contribution in [0.15, 0.2) is 0 Å². The number of carbonyl (C=O) groups is 1. The van der Waals surface area contributed by atoms with Crippen LogP contribution in [0.3, 0.4) is 0 Å². The van der Waals surface area contributed by atoms with Crippen LogP contribution in [0.1, 0.15) is 25.7 Å². The van der Waals surface area contributed by atoms with Crippen molar-refractivity contribution in [2.24, 2.45) is 11.7 Å². The lowest BCUT2D eigenvalue weighted by Crippen LogP contribution is -2.48. The molecule has 0 spiro atoms. The fourth-order valence-electron chi connectivity index (χ4n) is 2.48. The smallest absolute Gasteiger partial charge is 0.227 e. The molecule has 0 aromatic rings. The SMILES string of the molecule is NC1CCCCC1C(=O)N1CCSCC1. The minimum Gasteiger partial charge on any atom is -0.341 e. The number of hydrogen-bond donors (Lipinski definition) is 1. The van der Waals surface area contributed by atoms with Crippen molar-refractivity contribution in [1.29, 1.82) is 0 Å². The second-order valence-electron chi connectivity index (χ2n) is 4.49. The van der Waals surface area contributed by atoms with E-state index in [1.165, 1.54) is 12.8 Å². The first-order valence-electron chi connectivity index (χ1n) is 5.91. The molecule has 1 heterocycles. The number of carbonyl (C=O) groups excluding carboxylic acids is 1. The molecule has 0 aromatic heterocycles. The van der Waals surface area contributed by atoms with Gasteiger partial charge in [-0.3, -0.25) is 4.79 Å². The van der Waals surface area contributed by atoms with Gasteiger partial charge < -0.3 is 10.6 Å². The van der Waals surface area contributed by atoms with Gasteiger partial charge in [-0.1, -0.05) is 12.8 Å². The summed E-state index contributed by atoms with van der Waals surface area (Å²) < 4.78 is 0. The number of nitrogens with zero attached hydrogens (tertiary/aromatic N) is 1. The number of amides is 1. The van der Waals surface area contributed by atoms with E-state index in [4.69, 9.17) is 5.73 Å². The van der Waals surface area contributed by atoms with E-state index < -0.39 is 0 Å². The molecule has 0 aromatic carbocycles. The Morgan fingerprint density at radius 2 is 1.87 bits per heavy atom. The third kappa shape index (κ3) is 2.67. The summed E-state index contributed by atoms with van der Waals surface area (Å²) in [6, 6.07) is 0.112. The average Bonchev–Trinajstić information content (AvgIpc) is 2.30. The van der Waals surface area contributed by atoms with Crippen LogP contribution in [0.2, 0.25) is 0 Å². The maximum absolute atomic E-state index is 12.2. The van der Waals surface area contributed by atoms with Gasteiger partial charge in [0.25, 0.3) is 0 Å². The van der Waals surface area contributed by atoms with Gasteiger partial charge in [0.05, 0.1) is 5.92 Å². The average molecular weight is 228 g/mol. The van der Waals surface area contributed by atoms with Crippen molar-refractivity contribution in [2.75, 3.05) is 24.6 Å². The fourth-order valence-corrected chi connectivity index (χ4v) is 3.39. The molecule has 0 radical (unpaired) electrons. The molecule has 3 nitrogen and oxygen atoms in total. The molecule has 1 aliphatic carbocycles. The Morgan fingerprint density at radius 3 is 2.53 bits per heavy atom. The molecule has 2 fully saturated rings. The third-order valence-electron chi connectivity index (χ3n) is 3.46. The zero-order valence-electron chi connectivity index (χ0n) is 9.15. The van der Waals surface area contributed by atoms with E-state index in [2.05, 4.69) is 0 Å². The van der Waals surface area contributed by atoms with Gasteiger partial charge in [-0.05, 0) is 12.8 Å². The van der Waals surface area contributed by atoms with Crippen molar-refractivity contribution in [3.05, 3.63) is 0 Å². The highest BCUT2D eigenvalue weighted by Crippen LogP contribution is 2.25. The second-order valence-corrected chi connectivity index (χ2v) is 5.72. The van der Waals surface area contributed by atoms with E-state index in [9.17, 15) is 4.79 Å². The summed E-state index contributed by atoms with van der Waals surface area (Å²) in [5.41, 5.74) is 6.03. The number of thioether (sulfide) groups is 1. The summed E-state index contributed by atoms with van der Waals surface area (Å²) in [5.74, 6) is 2.62. The summed E-state index contributed by atoms with van der Waals surface area (Å²) >= 11 is 1.94. The van der Waals surface area contributed by atoms with Crippen molar-refractivity contribution >= 4 is 17.7 Å². The molecular formula is C11H20N2OS. The number of nitrogens with two attached hydrogens (primary N) is 1. The maximum atomic E-state index is 12.2. The quantitative estimate of drug-likeness (QED) is 0.730. The zero-order chi connectivity index (χ0) is 10.7. The van der Waals surface area contributed by atoms with E-state index >= 15 is 0 Å². The molecule has 4 heteroatoms. The van der Waals surface area contributed by atoms with Gasteiger partial charge in [-0.2, -0.15) is 11.8 Å². The van der Waals surface area contributed by atoms with E-state index in [1.54, 1.807) is 0 Å². The molecule has 1 saturated heterocycles. The Bertz CT molecular complexity index is 229. The summed E-state index contributed by atoms with van der Waals surface area (Å²) in [6.07, 6.45) is 4.40. The topological polar surface area (TPSA) is 46.3 Å². The van der Waals surface area contributed by atoms with Gasteiger partial charge >= 0.3 is 0 Å². The van der Waals surface area contributed by atoms with Crippen LogP contribution in [0.25, 0.3) is 0 Å². The van der Waals surface area contributed by atoms with Crippen molar-refractivity contribution in [1.82, 2.24) is 4.90 Å². The minimum atomic E-state index is 0.112. The van der Waals surface area contributed by atoms with E-state index in [-0.39, 0.29) is 12.0 Å². The van der Waals surface area contributed by atoms with Crippen LogP contribution in [0, 0.1) is 5.92 Å². The highest BCUT2D eigenvalue weighted by atomic mass is 32.2. The Hall–Kier alpha value is -0.220. The molecule has 1 amide bonds. The van der Waals surface area contributed by atoms with Gasteiger partial charge in [0.1, 0.15) is 0 Å². The zero-order valence-corrected chi connectivity index (χ0v) is 9.97. The van der Waals surface area contributed by atoms with E-state index in [0.29, 0.717) is 5.91 Å². The van der Waals surface area contributed by atoms with Crippen LogP contribution in [-0.4, -0.2) is 41.4 Å². The Balaban J connectivity index is 1.92.